The Hall–Kier alpha value is -3.12. The summed E-state index contributed by atoms with van der Waals surface area (Å²) in [5.74, 6) is 1.16. The van der Waals surface area contributed by atoms with Crippen molar-refractivity contribution in [2.75, 3.05) is 17.7 Å². The summed E-state index contributed by atoms with van der Waals surface area (Å²) in [6.07, 6.45) is 0. The predicted molar refractivity (Wildman–Crippen MR) is 112 cm³/mol. The Labute approximate surface area is 168 Å². The Morgan fingerprint density at radius 3 is 2.50 bits per heavy atom. The molecule has 0 aliphatic carbocycles. The molecule has 1 heterocycles. The summed E-state index contributed by atoms with van der Waals surface area (Å²) in [5.41, 5.74) is 3.90. The van der Waals surface area contributed by atoms with Crippen molar-refractivity contribution in [3.63, 3.8) is 0 Å². The third kappa shape index (κ3) is 4.58. The quantitative estimate of drug-likeness (QED) is 0.630. The molecule has 1 amide bonds. The summed E-state index contributed by atoms with van der Waals surface area (Å²) in [5, 5.41) is 6.54. The first kappa shape index (κ1) is 19.6. The third-order valence-corrected chi connectivity index (χ3v) is 4.36. The lowest BCUT2D eigenvalue weighted by Gasteiger charge is -2.13. The minimum absolute atomic E-state index is 0.238. The Balaban J connectivity index is 1.86. The SMILES string of the molecule is COc1ccc(Cl)cc1NC(=O)c1cc(Nc2ccc(C)cc2C)nc(C)n1. The maximum Gasteiger partial charge on any atom is 0.274 e. The number of nitrogens with zero attached hydrogens (tertiary/aromatic N) is 2. The van der Waals surface area contributed by atoms with Crippen molar-refractivity contribution < 1.29 is 9.53 Å². The number of methoxy groups -OCH3 is 1. The van der Waals surface area contributed by atoms with E-state index in [1.54, 1.807) is 31.2 Å². The van der Waals surface area contributed by atoms with Gasteiger partial charge in [-0.25, -0.2) is 9.97 Å². The molecule has 0 spiro atoms. The lowest BCUT2D eigenvalue weighted by atomic mass is 10.1. The summed E-state index contributed by atoms with van der Waals surface area (Å²) in [4.78, 5) is 21.4. The number of anilines is 3. The molecule has 0 aliphatic heterocycles. The summed E-state index contributed by atoms with van der Waals surface area (Å²) >= 11 is 6.03. The molecule has 3 rings (SSSR count). The number of benzene rings is 2. The normalized spacial score (nSPS) is 10.5. The number of hydrogen-bond donors (Lipinski definition) is 2. The lowest BCUT2D eigenvalue weighted by Crippen LogP contribution is -2.16. The first-order chi connectivity index (χ1) is 13.4. The highest BCUT2D eigenvalue weighted by Gasteiger charge is 2.14. The van der Waals surface area contributed by atoms with Gasteiger partial charge in [0.15, 0.2) is 0 Å². The standard InChI is InChI=1S/C21H21ClN4O2/c1-12-5-7-16(13(2)9-12)25-20-11-18(23-14(3)24-20)21(27)26-17-10-15(22)6-8-19(17)28-4/h5-11H,1-4H3,(H,26,27)(H,23,24,25). The van der Waals surface area contributed by atoms with Crippen molar-refractivity contribution in [1.29, 1.82) is 0 Å². The molecule has 0 fully saturated rings. The van der Waals surface area contributed by atoms with E-state index in [9.17, 15) is 4.79 Å². The molecule has 0 bridgehead atoms. The van der Waals surface area contributed by atoms with E-state index in [1.807, 2.05) is 26.0 Å². The van der Waals surface area contributed by atoms with Gasteiger partial charge >= 0.3 is 0 Å². The van der Waals surface area contributed by atoms with E-state index in [0.29, 0.717) is 28.1 Å². The Bertz CT molecular complexity index is 1040. The van der Waals surface area contributed by atoms with Gasteiger partial charge in [-0.05, 0) is 50.6 Å². The van der Waals surface area contributed by atoms with E-state index < -0.39 is 0 Å². The second-order valence-corrected chi connectivity index (χ2v) is 6.86. The van der Waals surface area contributed by atoms with Gasteiger partial charge in [-0.1, -0.05) is 29.3 Å². The highest BCUT2D eigenvalue weighted by molar-refractivity contribution is 6.31. The second kappa shape index (κ2) is 8.27. The minimum Gasteiger partial charge on any atom is -0.495 e. The molecule has 7 heteroatoms. The minimum atomic E-state index is -0.380. The zero-order valence-corrected chi connectivity index (χ0v) is 16.9. The smallest absolute Gasteiger partial charge is 0.274 e. The van der Waals surface area contributed by atoms with E-state index in [4.69, 9.17) is 16.3 Å². The molecule has 2 aromatic carbocycles. The number of aryl methyl sites for hydroxylation is 3. The number of nitrogens with one attached hydrogen (secondary N) is 2. The summed E-state index contributed by atoms with van der Waals surface area (Å²) in [6.45, 7) is 5.80. The Morgan fingerprint density at radius 2 is 1.79 bits per heavy atom. The molecule has 0 radical (unpaired) electrons. The molecule has 0 saturated heterocycles. The van der Waals surface area contributed by atoms with Crippen LogP contribution in [0.4, 0.5) is 17.2 Å². The highest BCUT2D eigenvalue weighted by Crippen LogP contribution is 2.28. The topological polar surface area (TPSA) is 76.1 Å². The number of carbonyl (C=O) groups excluding carboxylic acids is 1. The highest BCUT2D eigenvalue weighted by atomic mass is 35.5. The van der Waals surface area contributed by atoms with Crippen LogP contribution in [0.2, 0.25) is 5.02 Å². The van der Waals surface area contributed by atoms with E-state index in [1.165, 1.54) is 12.7 Å². The van der Waals surface area contributed by atoms with Gasteiger partial charge in [-0.2, -0.15) is 0 Å². The predicted octanol–water partition coefficient (Wildman–Crippen LogP) is 5.06. The van der Waals surface area contributed by atoms with Crippen molar-refractivity contribution in [3.05, 3.63) is 70.1 Å². The van der Waals surface area contributed by atoms with Crippen LogP contribution in [-0.4, -0.2) is 23.0 Å². The number of rotatable bonds is 5. The number of amides is 1. The average molecular weight is 397 g/mol. The maximum atomic E-state index is 12.7. The van der Waals surface area contributed by atoms with E-state index in [2.05, 4.69) is 26.7 Å². The van der Waals surface area contributed by atoms with Crippen LogP contribution in [-0.2, 0) is 0 Å². The number of ether oxygens (including phenoxy) is 1. The number of halogens is 1. The Morgan fingerprint density at radius 1 is 1.00 bits per heavy atom. The van der Waals surface area contributed by atoms with E-state index >= 15 is 0 Å². The fraction of sp³-hybridized carbons (Fsp3) is 0.190. The van der Waals surface area contributed by atoms with Gasteiger partial charge in [0.1, 0.15) is 23.1 Å². The zero-order chi connectivity index (χ0) is 20.3. The fourth-order valence-corrected chi connectivity index (χ4v) is 2.98. The van der Waals surface area contributed by atoms with Crippen LogP contribution < -0.4 is 15.4 Å². The molecule has 3 aromatic rings. The van der Waals surface area contributed by atoms with Crippen molar-refractivity contribution in [2.45, 2.75) is 20.8 Å². The first-order valence-corrected chi connectivity index (χ1v) is 9.08. The molecule has 2 N–H and O–H groups in total. The summed E-state index contributed by atoms with van der Waals surface area (Å²) in [6, 6.07) is 12.7. The molecule has 0 atom stereocenters. The van der Waals surface area contributed by atoms with Gasteiger partial charge < -0.3 is 15.4 Å². The summed E-state index contributed by atoms with van der Waals surface area (Å²) < 4.78 is 5.27. The molecular formula is C21H21ClN4O2. The van der Waals surface area contributed by atoms with Gasteiger partial charge in [0.05, 0.1) is 12.8 Å². The van der Waals surface area contributed by atoms with Crippen LogP contribution in [0.1, 0.15) is 27.4 Å². The van der Waals surface area contributed by atoms with Crippen LogP contribution in [0.15, 0.2) is 42.5 Å². The molecule has 0 aliphatic rings. The zero-order valence-electron chi connectivity index (χ0n) is 16.1. The number of aromatic nitrogens is 2. The number of carbonyl (C=O) groups is 1. The van der Waals surface area contributed by atoms with Crippen molar-refractivity contribution in [3.8, 4) is 5.75 Å². The Kier molecular flexibility index (Phi) is 5.80. The van der Waals surface area contributed by atoms with Crippen molar-refractivity contribution >= 4 is 34.7 Å². The molecule has 28 heavy (non-hydrogen) atoms. The number of hydrogen-bond acceptors (Lipinski definition) is 5. The van der Waals surface area contributed by atoms with Crippen LogP contribution >= 0.6 is 11.6 Å². The van der Waals surface area contributed by atoms with Crippen molar-refractivity contribution in [1.82, 2.24) is 9.97 Å². The second-order valence-electron chi connectivity index (χ2n) is 6.43. The van der Waals surface area contributed by atoms with Crippen LogP contribution in [0.5, 0.6) is 5.75 Å². The molecular weight excluding hydrogens is 376 g/mol. The fourth-order valence-electron chi connectivity index (χ4n) is 2.80. The molecule has 144 valence electrons. The third-order valence-electron chi connectivity index (χ3n) is 4.12. The van der Waals surface area contributed by atoms with E-state index in [0.717, 1.165) is 11.3 Å². The molecule has 6 nitrogen and oxygen atoms in total. The monoisotopic (exact) mass is 396 g/mol. The molecule has 0 unspecified atom stereocenters. The molecule has 0 saturated carbocycles. The van der Waals surface area contributed by atoms with Crippen molar-refractivity contribution in [2.24, 2.45) is 0 Å². The van der Waals surface area contributed by atoms with Gasteiger partial charge in [-0.3, -0.25) is 4.79 Å². The largest absolute Gasteiger partial charge is 0.495 e. The van der Waals surface area contributed by atoms with Gasteiger partial charge in [-0.15, -0.1) is 0 Å². The van der Waals surface area contributed by atoms with Crippen LogP contribution in [0, 0.1) is 20.8 Å². The van der Waals surface area contributed by atoms with E-state index in [-0.39, 0.29) is 11.6 Å². The maximum absolute atomic E-state index is 12.7. The van der Waals surface area contributed by atoms with Crippen LogP contribution in [0.3, 0.4) is 0 Å². The molecule has 1 aromatic heterocycles. The van der Waals surface area contributed by atoms with Gasteiger partial charge in [0, 0.05) is 16.8 Å². The van der Waals surface area contributed by atoms with Crippen LogP contribution in [0.25, 0.3) is 0 Å². The summed E-state index contributed by atoms with van der Waals surface area (Å²) in [7, 11) is 1.53. The first-order valence-electron chi connectivity index (χ1n) is 8.70. The van der Waals surface area contributed by atoms with Gasteiger partial charge in [0.25, 0.3) is 5.91 Å². The average Bonchev–Trinajstić information content (AvgIpc) is 2.64. The van der Waals surface area contributed by atoms with Gasteiger partial charge in [0.2, 0.25) is 0 Å². The lowest BCUT2D eigenvalue weighted by molar-refractivity contribution is 0.102.